The standard InChI is InChI=1S/C21H25N3O4/c1-2-3-10-27-21(26)23-12-17-6-7-18(13-23)24(17)14-19(25)15-28-20-8-4-16(11-22)5-9-20/h4-5,8-9,17-19,25H,6-7,10,12-15H2,1H3/t17?,18?,19-/m0/s1. The predicted octanol–water partition coefficient (Wildman–Crippen LogP) is 1.61. The summed E-state index contributed by atoms with van der Waals surface area (Å²) in [5.74, 6) is 6.07. The lowest BCUT2D eigenvalue weighted by atomic mass is 10.1. The van der Waals surface area contributed by atoms with Crippen LogP contribution in [0.1, 0.15) is 25.3 Å². The van der Waals surface area contributed by atoms with Crippen molar-refractivity contribution in [1.82, 2.24) is 9.80 Å². The molecule has 2 unspecified atom stereocenters. The van der Waals surface area contributed by atoms with Crippen LogP contribution in [-0.4, -0.2) is 72.0 Å². The fraction of sp³-hybridized carbons (Fsp3) is 0.524. The van der Waals surface area contributed by atoms with Crippen LogP contribution in [0.2, 0.25) is 0 Å². The maximum Gasteiger partial charge on any atom is 0.410 e. The summed E-state index contributed by atoms with van der Waals surface area (Å²) in [4.78, 5) is 16.2. The van der Waals surface area contributed by atoms with E-state index >= 15 is 0 Å². The number of nitriles is 1. The van der Waals surface area contributed by atoms with Gasteiger partial charge in [0.25, 0.3) is 0 Å². The molecule has 1 aromatic carbocycles. The third-order valence-electron chi connectivity index (χ3n) is 5.18. The molecule has 2 saturated heterocycles. The Kier molecular flexibility index (Phi) is 6.76. The van der Waals surface area contributed by atoms with Crippen molar-refractivity contribution in [2.75, 3.05) is 32.8 Å². The van der Waals surface area contributed by atoms with Crippen molar-refractivity contribution in [3.8, 4) is 23.7 Å². The minimum absolute atomic E-state index is 0.121. The third kappa shape index (κ3) is 4.95. The van der Waals surface area contributed by atoms with Gasteiger partial charge >= 0.3 is 6.09 Å². The molecule has 1 N–H and O–H groups in total. The Hall–Kier alpha value is -2.74. The first-order valence-corrected chi connectivity index (χ1v) is 9.48. The lowest BCUT2D eigenvalue weighted by molar-refractivity contribution is 0.0101. The van der Waals surface area contributed by atoms with Crippen LogP contribution in [0.15, 0.2) is 24.3 Å². The van der Waals surface area contributed by atoms with E-state index in [2.05, 4.69) is 22.8 Å². The van der Waals surface area contributed by atoms with Crippen molar-refractivity contribution in [2.24, 2.45) is 0 Å². The van der Waals surface area contributed by atoms with Gasteiger partial charge in [-0.1, -0.05) is 5.92 Å². The molecule has 2 heterocycles. The highest BCUT2D eigenvalue weighted by molar-refractivity contribution is 5.68. The van der Waals surface area contributed by atoms with Crippen LogP contribution in [0.5, 0.6) is 5.75 Å². The summed E-state index contributed by atoms with van der Waals surface area (Å²) in [6, 6.07) is 9.34. The number of nitrogens with zero attached hydrogens (tertiary/aromatic N) is 3. The number of carbonyl (C=O) groups is 1. The number of amides is 1. The zero-order valence-corrected chi connectivity index (χ0v) is 16.0. The molecule has 2 aliphatic rings. The smallest absolute Gasteiger partial charge is 0.410 e. The van der Waals surface area contributed by atoms with Crippen LogP contribution >= 0.6 is 0 Å². The monoisotopic (exact) mass is 383 g/mol. The molecule has 7 nitrogen and oxygen atoms in total. The third-order valence-corrected chi connectivity index (χ3v) is 5.18. The van der Waals surface area contributed by atoms with Gasteiger partial charge in [-0.3, -0.25) is 4.90 Å². The Morgan fingerprint density at radius 1 is 1.29 bits per heavy atom. The molecule has 2 fully saturated rings. The van der Waals surface area contributed by atoms with Crippen molar-refractivity contribution >= 4 is 6.09 Å². The van der Waals surface area contributed by atoms with E-state index in [1.807, 2.05) is 0 Å². The van der Waals surface area contributed by atoms with E-state index in [9.17, 15) is 9.90 Å². The van der Waals surface area contributed by atoms with Crippen LogP contribution < -0.4 is 4.74 Å². The normalized spacial score (nSPS) is 22.0. The number of carbonyl (C=O) groups excluding carboxylic acids is 1. The highest BCUT2D eigenvalue weighted by atomic mass is 16.6. The van der Waals surface area contributed by atoms with Crippen molar-refractivity contribution < 1.29 is 19.4 Å². The lowest BCUT2D eigenvalue weighted by Gasteiger charge is -2.41. The minimum atomic E-state index is -0.628. The largest absolute Gasteiger partial charge is 0.491 e. The number of hydrogen-bond acceptors (Lipinski definition) is 6. The molecule has 0 aromatic heterocycles. The van der Waals surface area contributed by atoms with Crippen LogP contribution in [0.3, 0.4) is 0 Å². The lowest BCUT2D eigenvalue weighted by Crippen LogP contribution is -2.57. The fourth-order valence-corrected chi connectivity index (χ4v) is 3.81. The molecule has 3 rings (SSSR count). The van der Waals surface area contributed by atoms with Crippen molar-refractivity contribution in [3.05, 3.63) is 29.8 Å². The van der Waals surface area contributed by atoms with Crippen molar-refractivity contribution in [3.63, 3.8) is 0 Å². The molecule has 28 heavy (non-hydrogen) atoms. The summed E-state index contributed by atoms with van der Waals surface area (Å²) in [5, 5.41) is 19.2. The summed E-state index contributed by atoms with van der Waals surface area (Å²) in [6.45, 7) is 3.74. The second-order valence-corrected chi connectivity index (χ2v) is 7.07. The number of aliphatic hydroxyl groups is 1. The molecular formula is C21H25N3O4. The summed E-state index contributed by atoms with van der Waals surface area (Å²) < 4.78 is 10.8. The Morgan fingerprint density at radius 2 is 1.96 bits per heavy atom. The number of likely N-dealkylation sites (tertiary alicyclic amines) is 1. The second kappa shape index (κ2) is 9.45. The molecule has 3 atom stereocenters. The summed E-state index contributed by atoms with van der Waals surface area (Å²) >= 11 is 0. The maximum atomic E-state index is 12.2. The van der Waals surface area contributed by atoms with Crippen LogP contribution in [0.4, 0.5) is 4.79 Å². The van der Waals surface area contributed by atoms with Gasteiger partial charge in [0.05, 0.1) is 11.6 Å². The first kappa shape index (κ1) is 20.0. The molecule has 7 heteroatoms. The minimum Gasteiger partial charge on any atom is -0.491 e. The average Bonchev–Trinajstić information content (AvgIpc) is 2.93. The molecule has 2 aliphatic heterocycles. The highest BCUT2D eigenvalue weighted by Gasteiger charge is 2.42. The van der Waals surface area contributed by atoms with E-state index in [4.69, 9.17) is 14.7 Å². The molecule has 1 amide bonds. The van der Waals surface area contributed by atoms with E-state index in [1.165, 1.54) is 0 Å². The summed E-state index contributed by atoms with van der Waals surface area (Å²) in [7, 11) is 0. The van der Waals surface area contributed by atoms with Crippen molar-refractivity contribution in [2.45, 2.75) is 38.0 Å². The first-order chi connectivity index (χ1) is 13.6. The number of ether oxygens (including phenoxy) is 2. The fourth-order valence-electron chi connectivity index (χ4n) is 3.81. The number of fused-ring (bicyclic) bond motifs is 2. The quantitative estimate of drug-likeness (QED) is 0.751. The van der Waals surface area contributed by atoms with Gasteiger partial charge in [-0.15, -0.1) is 5.92 Å². The maximum absolute atomic E-state index is 12.2. The summed E-state index contributed by atoms with van der Waals surface area (Å²) in [6.07, 6.45) is 1.07. The van der Waals surface area contributed by atoms with Crippen molar-refractivity contribution in [1.29, 1.82) is 5.26 Å². The van der Waals surface area contributed by atoms with Gasteiger partial charge in [0.1, 0.15) is 18.5 Å². The number of hydrogen-bond donors (Lipinski definition) is 1. The summed E-state index contributed by atoms with van der Waals surface area (Å²) in [5.41, 5.74) is 0.572. The zero-order valence-electron chi connectivity index (χ0n) is 16.0. The van der Waals surface area contributed by atoms with Crippen LogP contribution in [0.25, 0.3) is 0 Å². The predicted molar refractivity (Wildman–Crippen MR) is 103 cm³/mol. The molecular weight excluding hydrogens is 358 g/mol. The number of piperazine rings is 1. The molecule has 0 radical (unpaired) electrons. The second-order valence-electron chi connectivity index (χ2n) is 7.07. The van der Waals surface area contributed by atoms with E-state index in [1.54, 1.807) is 36.1 Å². The van der Waals surface area contributed by atoms with Gasteiger partial charge in [-0.25, -0.2) is 4.79 Å². The number of aliphatic hydroxyl groups excluding tert-OH is 1. The van der Waals surface area contributed by atoms with Gasteiger partial charge in [-0.05, 0) is 44.0 Å². The number of rotatable bonds is 6. The van der Waals surface area contributed by atoms with Gasteiger partial charge in [0.15, 0.2) is 6.61 Å². The molecule has 148 valence electrons. The Labute approximate surface area is 165 Å². The van der Waals surface area contributed by atoms with Gasteiger partial charge in [-0.2, -0.15) is 5.26 Å². The molecule has 2 bridgehead atoms. The Balaban J connectivity index is 1.46. The van der Waals surface area contributed by atoms with E-state index in [0.29, 0.717) is 30.9 Å². The molecule has 0 spiro atoms. The Morgan fingerprint density at radius 3 is 2.57 bits per heavy atom. The van der Waals surface area contributed by atoms with Crippen LogP contribution in [0, 0.1) is 23.2 Å². The number of benzene rings is 1. The van der Waals surface area contributed by atoms with Crippen LogP contribution in [-0.2, 0) is 4.74 Å². The zero-order chi connectivity index (χ0) is 19.9. The van der Waals surface area contributed by atoms with E-state index < -0.39 is 6.10 Å². The average molecular weight is 383 g/mol. The topological polar surface area (TPSA) is 86.0 Å². The van der Waals surface area contributed by atoms with Gasteiger partial charge < -0.3 is 19.5 Å². The van der Waals surface area contributed by atoms with E-state index in [0.717, 1.165) is 12.8 Å². The highest BCUT2D eigenvalue weighted by Crippen LogP contribution is 2.30. The molecule has 0 aliphatic carbocycles. The Bertz CT molecular complexity index is 764. The molecule has 1 aromatic rings. The van der Waals surface area contributed by atoms with Gasteiger partial charge in [0.2, 0.25) is 0 Å². The first-order valence-electron chi connectivity index (χ1n) is 9.48. The van der Waals surface area contributed by atoms with E-state index in [-0.39, 0.29) is 31.4 Å². The SMILES string of the molecule is CC#CCOC(=O)N1CC2CCC(C1)N2C[C@H](O)COc1ccc(C#N)cc1. The molecule has 0 saturated carbocycles. The van der Waals surface area contributed by atoms with Gasteiger partial charge in [0, 0.05) is 31.7 Å².